The Bertz CT molecular complexity index is 366. The predicted octanol–water partition coefficient (Wildman–Crippen LogP) is -1.42. The van der Waals surface area contributed by atoms with Gasteiger partial charge in [-0.05, 0) is 24.6 Å². The van der Waals surface area contributed by atoms with Crippen LogP contribution in [0.5, 0.6) is 0 Å². The normalized spacial score (nSPS) is 21.8. The van der Waals surface area contributed by atoms with Crippen LogP contribution in [0.4, 0.5) is 0 Å². The van der Waals surface area contributed by atoms with E-state index in [9.17, 15) is 8.42 Å². The quantitative estimate of drug-likeness (QED) is 0.518. The first kappa shape index (κ1) is 15.6. The lowest BCUT2D eigenvalue weighted by atomic mass is 10.1. The van der Waals surface area contributed by atoms with E-state index in [1.54, 1.807) is 4.90 Å². The van der Waals surface area contributed by atoms with Crippen molar-refractivity contribution in [1.29, 1.82) is 0 Å². The van der Waals surface area contributed by atoms with Crippen LogP contribution >= 0.6 is 12.2 Å². The van der Waals surface area contributed by atoms with Gasteiger partial charge >= 0.3 is 0 Å². The number of nitrogens with one attached hydrogen (secondary N) is 1. The topological polar surface area (TPSA) is 89.9 Å². The minimum atomic E-state index is -2.86. The van der Waals surface area contributed by atoms with Gasteiger partial charge in [0.1, 0.15) is 0 Å². The minimum Gasteiger partial charge on any atom is -0.395 e. The van der Waals surface area contributed by atoms with Crippen molar-refractivity contribution in [3.05, 3.63) is 0 Å². The van der Waals surface area contributed by atoms with E-state index in [1.807, 2.05) is 0 Å². The molecule has 0 radical (unpaired) electrons. The second-order valence-electron chi connectivity index (χ2n) is 4.39. The number of nitrogens with zero attached hydrogens (tertiary/aromatic N) is 1. The summed E-state index contributed by atoms with van der Waals surface area (Å²) in [6, 6.07) is 0. The van der Waals surface area contributed by atoms with Crippen LogP contribution in [0, 0.1) is 5.92 Å². The number of rotatable bonds is 6. The predicted molar refractivity (Wildman–Crippen MR) is 73.1 cm³/mol. The summed E-state index contributed by atoms with van der Waals surface area (Å²) in [4.78, 5) is 1.67. The van der Waals surface area contributed by atoms with Crippen LogP contribution in [0.15, 0.2) is 0 Å². The average Bonchev–Trinajstić information content (AvgIpc) is 2.66. The molecule has 0 aromatic heterocycles. The van der Waals surface area contributed by atoms with Crippen molar-refractivity contribution in [2.75, 3.05) is 44.4 Å². The van der Waals surface area contributed by atoms with E-state index >= 15 is 0 Å². The second kappa shape index (κ2) is 7.22. The van der Waals surface area contributed by atoms with Crippen LogP contribution in [0.2, 0.25) is 0 Å². The Morgan fingerprint density at radius 2 is 1.94 bits per heavy atom. The Kier molecular flexibility index (Phi) is 6.27. The Balaban J connectivity index is 2.35. The van der Waals surface area contributed by atoms with Crippen LogP contribution in [0.1, 0.15) is 6.42 Å². The third-order valence-corrected chi connectivity index (χ3v) is 5.14. The third-order valence-electron chi connectivity index (χ3n) is 2.90. The Morgan fingerprint density at radius 1 is 1.33 bits per heavy atom. The fourth-order valence-electron chi connectivity index (χ4n) is 1.93. The molecule has 0 spiro atoms. The maximum absolute atomic E-state index is 11.3. The van der Waals surface area contributed by atoms with Gasteiger partial charge in [-0.2, -0.15) is 0 Å². The molecule has 1 rings (SSSR count). The largest absolute Gasteiger partial charge is 0.395 e. The summed E-state index contributed by atoms with van der Waals surface area (Å²) in [6.45, 7) is 1.15. The lowest BCUT2D eigenvalue weighted by Crippen LogP contribution is -2.44. The highest BCUT2D eigenvalue weighted by atomic mass is 32.2. The van der Waals surface area contributed by atoms with Gasteiger partial charge in [0.2, 0.25) is 0 Å². The third kappa shape index (κ3) is 5.05. The summed E-state index contributed by atoms with van der Waals surface area (Å²) in [7, 11) is -2.86. The molecule has 3 N–H and O–H groups in total. The van der Waals surface area contributed by atoms with E-state index in [-0.39, 0.29) is 30.6 Å². The van der Waals surface area contributed by atoms with Crippen molar-refractivity contribution in [2.24, 2.45) is 5.92 Å². The standard InChI is InChI=1S/C10H20N2O4S2/c13-4-2-12(3-5-14)10(17)11-7-9-1-6-18(15,16)8-9/h9,13-14H,1-8H2,(H,11,17)/t9-/m0/s1. The first-order valence-corrected chi connectivity index (χ1v) is 8.16. The zero-order valence-corrected chi connectivity index (χ0v) is 11.8. The molecule has 0 amide bonds. The fourth-order valence-corrected chi connectivity index (χ4v) is 4.06. The zero-order valence-electron chi connectivity index (χ0n) is 10.2. The van der Waals surface area contributed by atoms with Gasteiger partial charge in [0.15, 0.2) is 14.9 Å². The molecule has 8 heteroatoms. The van der Waals surface area contributed by atoms with Crippen LogP contribution in [-0.4, -0.2) is 73.0 Å². The maximum Gasteiger partial charge on any atom is 0.169 e. The Hall–Kier alpha value is -0.440. The van der Waals surface area contributed by atoms with E-state index < -0.39 is 9.84 Å². The van der Waals surface area contributed by atoms with Gasteiger partial charge < -0.3 is 20.4 Å². The van der Waals surface area contributed by atoms with Crippen LogP contribution in [0.3, 0.4) is 0 Å². The number of aliphatic hydroxyl groups is 2. The molecular weight excluding hydrogens is 276 g/mol. The summed E-state index contributed by atoms with van der Waals surface area (Å²) in [5.41, 5.74) is 0. The molecule has 1 fully saturated rings. The SMILES string of the molecule is O=S1(=O)CC[C@@H](CNC(=S)N(CCO)CCO)C1. The maximum atomic E-state index is 11.3. The smallest absolute Gasteiger partial charge is 0.169 e. The minimum absolute atomic E-state index is 0.0420. The molecule has 0 saturated carbocycles. The summed E-state index contributed by atoms with van der Waals surface area (Å²) < 4.78 is 22.6. The monoisotopic (exact) mass is 296 g/mol. The molecule has 0 aromatic carbocycles. The number of hydrogen-bond acceptors (Lipinski definition) is 5. The number of thiocarbonyl (C=S) groups is 1. The molecule has 0 aliphatic carbocycles. The van der Waals surface area contributed by atoms with Gasteiger partial charge in [-0.3, -0.25) is 0 Å². The summed E-state index contributed by atoms with van der Waals surface area (Å²) in [6.07, 6.45) is 0.665. The highest BCUT2D eigenvalue weighted by Crippen LogP contribution is 2.17. The first-order chi connectivity index (χ1) is 8.48. The van der Waals surface area contributed by atoms with Gasteiger partial charge in [-0.15, -0.1) is 0 Å². The Morgan fingerprint density at radius 3 is 2.39 bits per heavy atom. The molecular formula is C10H20N2O4S2. The van der Waals surface area contributed by atoms with Gasteiger partial charge in [0.25, 0.3) is 0 Å². The van der Waals surface area contributed by atoms with Crippen molar-refractivity contribution in [3.63, 3.8) is 0 Å². The van der Waals surface area contributed by atoms with Crippen LogP contribution in [0.25, 0.3) is 0 Å². The molecule has 1 heterocycles. The first-order valence-electron chi connectivity index (χ1n) is 5.93. The number of aliphatic hydroxyl groups excluding tert-OH is 2. The average molecular weight is 296 g/mol. The van der Waals surface area contributed by atoms with Crippen molar-refractivity contribution >= 4 is 27.2 Å². The molecule has 0 aromatic rings. The lowest BCUT2D eigenvalue weighted by molar-refractivity contribution is 0.211. The van der Waals surface area contributed by atoms with E-state index in [4.69, 9.17) is 22.4 Å². The summed E-state index contributed by atoms with van der Waals surface area (Å²) in [5, 5.41) is 21.2. The van der Waals surface area contributed by atoms with Crippen molar-refractivity contribution in [3.8, 4) is 0 Å². The van der Waals surface area contributed by atoms with E-state index in [1.165, 1.54) is 0 Å². The van der Waals surface area contributed by atoms with E-state index in [0.717, 1.165) is 0 Å². The fraction of sp³-hybridized carbons (Fsp3) is 0.900. The van der Waals surface area contributed by atoms with Gasteiger partial charge in [-0.1, -0.05) is 0 Å². The van der Waals surface area contributed by atoms with Crippen molar-refractivity contribution < 1.29 is 18.6 Å². The highest BCUT2D eigenvalue weighted by Gasteiger charge is 2.27. The zero-order chi connectivity index (χ0) is 13.6. The lowest BCUT2D eigenvalue weighted by Gasteiger charge is -2.25. The second-order valence-corrected chi connectivity index (χ2v) is 7.00. The molecule has 6 nitrogen and oxygen atoms in total. The molecule has 18 heavy (non-hydrogen) atoms. The summed E-state index contributed by atoms with van der Waals surface area (Å²) >= 11 is 5.14. The molecule has 1 aliphatic rings. The van der Waals surface area contributed by atoms with Crippen molar-refractivity contribution in [2.45, 2.75) is 6.42 Å². The molecule has 106 valence electrons. The number of hydrogen-bond donors (Lipinski definition) is 3. The Labute approximate surface area is 113 Å². The molecule has 1 atom stereocenters. The summed E-state index contributed by atoms with van der Waals surface area (Å²) in [5.74, 6) is 0.559. The van der Waals surface area contributed by atoms with E-state index in [2.05, 4.69) is 5.32 Å². The van der Waals surface area contributed by atoms with Gasteiger partial charge in [0.05, 0.1) is 24.7 Å². The highest BCUT2D eigenvalue weighted by molar-refractivity contribution is 7.91. The van der Waals surface area contributed by atoms with Gasteiger partial charge in [-0.25, -0.2) is 8.42 Å². The molecule has 0 unspecified atom stereocenters. The molecule has 0 bridgehead atoms. The van der Waals surface area contributed by atoms with Crippen LogP contribution in [-0.2, 0) is 9.84 Å². The van der Waals surface area contributed by atoms with E-state index in [0.29, 0.717) is 31.2 Å². The van der Waals surface area contributed by atoms with Crippen molar-refractivity contribution in [1.82, 2.24) is 10.2 Å². The number of sulfone groups is 1. The van der Waals surface area contributed by atoms with Gasteiger partial charge in [0, 0.05) is 19.6 Å². The van der Waals surface area contributed by atoms with Crippen LogP contribution < -0.4 is 5.32 Å². The molecule has 1 saturated heterocycles. The molecule has 1 aliphatic heterocycles.